The topological polar surface area (TPSA) is 20.3 Å². The number of hydrogen-bond donors (Lipinski definition) is 0. The SMILES string of the molecule is CCC1(C(=O)N2CCCC2CC(C)Br)CCCC1. The summed E-state index contributed by atoms with van der Waals surface area (Å²) in [5.74, 6) is 0.471. The number of hydrogen-bond acceptors (Lipinski definition) is 1. The van der Waals surface area contributed by atoms with Gasteiger partial charge in [-0.15, -0.1) is 0 Å². The van der Waals surface area contributed by atoms with Crippen LogP contribution in [0.1, 0.15) is 65.2 Å². The van der Waals surface area contributed by atoms with Crippen molar-refractivity contribution in [2.75, 3.05) is 6.54 Å². The second kappa shape index (κ2) is 5.94. The van der Waals surface area contributed by atoms with E-state index in [0.717, 1.165) is 32.2 Å². The van der Waals surface area contributed by atoms with E-state index in [4.69, 9.17) is 0 Å². The lowest BCUT2D eigenvalue weighted by atomic mass is 9.81. The third-order valence-corrected chi connectivity index (χ3v) is 5.30. The average Bonchev–Trinajstić information content (AvgIpc) is 2.96. The highest BCUT2D eigenvalue weighted by Gasteiger charge is 2.44. The molecule has 1 heterocycles. The Hall–Kier alpha value is -0.0500. The minimum absolute atomic E-state index is 0.00184. The highest BCUT2D eigenvalue weighted by Crippen LogP contribution is 2.44. The molecule has 0 aromatic heterocycles. The van der Waals surface area contributed by atoms with Crippen LogP contribution in [0, 0.1) is 5.41 Å². The van der Waals surface area contributed by atoms with Crippen LogP contribution < -0.4 is 0 Å². The third-order valence-electron chi connectivity index (χ3n) is 4.93. The smallest absolute Gasteiger partial charge is 0.229 e. The minimum Gasteiger partial charge on any atom is -0.339 e. The zero-order chi connectivity index (χ0) is 13.2. The molecule has 2 aliphatic rings. The number of carbonyl (C=O) groups is 1. The molecule has 2 unspecified atom stereocenters. The molecule has 0 bridgehead atoms. The van der Waals surface area contributed by atoms with Crippen molar-refractivity contribution >= 4 is 21.8 Å². The molecule has 1 saturated heterocycles. The van der Waals surface area contributed by atoms with Crippen LogP contribution in [0.15, 0.2) is 0 Å². The molecule has 0 aromatic carbocycles. The number of alkyl halides is 1. The van der Waals surface area contributed by atoms with Crippen LogP contribution >= 0.6 is 15.9 Å². The van der Waals surface area contributed by atoms with Gasteiger partial charge >= 0.3 is 0 Å². The fourth-order valence-electron chi connectivity index (χ4n) is 3.80. The predicted octanol–water partition coefficient (Wildman–Crippen LogP) is 4.12. The normalized spacial score (nSPS) is 28.6. The van der Waals surface area contributed by atoms with Gasteiger partial charge in [0.25, 0.3) is 0 Å². The third kappa shape index (κ3) is 2.76. The molecule has 18 heavy (non-hydrogen) atoms. The summed E-state index contributed by atoms with van der Waals surface area (Å²) in [6, 6.07) is 0.482. The van der Waals surface area contributed by atoms with Crippen LogP contribution in [0.4, 0.5) is 0 Å². The molecule has 0 spiro atoms. The molecule has 2 fully saturated rings. The summed E-state index contributed by atoms with van der Waals surface area (Å²) in [6.07, 6.45) is 9.24. The van der Waals surface area contributed by atoms with E-state index in [9.17, 15) is 4.79 Å². The van der Waals surface area contributed by atoms with E-state index < -0.39 is 0 Å². The maximum atomic E-state index is 12.9. The van der Waals surface area contributed by atoms with Gasteiger partial charge in [-0.05, 0) is 38.5 Å². The molecule has 104 valence electrons. The lowest BCUT2D eigenvalue weighted by Crippen LogP contribution is -2.45. The number of amides is 1. The van der Waals surface area contributed by atoms with Gasteiger partial charge in [0.05, 0.1) is 0 Å². The van der Waals surface area contributed by atoms with E-state index in [1.807, 2.05) is 0 Å². The van der Waals surface area contributed by atoms with Crippen LogP contribution in [-0.2, 0) is 4.79 Å². The number of carbonyl (C=O) groups excluding carboxylic acids is 1. The van der Waals surface area contributed by atoms with Crippen molar-refractivity contribution < 1.29 is 4.79 Å². The van der Waals surface area contributed by atoms with E-state index in [0.29, 0.717) is 16.8 Å². The highest BCUT2D eigenvalue weighted by atomic mass is 79.9. The number of rotatable bonds is 4. The van der Waals surface area contributed by atoms with Gasteiger partial charge in [0, 0.05) is 22.8 Å². The molecule has 0 N–H and O–H groups in total. The summed E-state index contributed by atoms with van der Waals surface area (Å²) in [4.78, 5) is 15.6. The molecular weight excluding hydrogens is 290 g/mol. The van der Waals surface area contributed by atoms with Crippen LogP contribution in [-0.4, -0.2) is 28.2 Å². The average molecular weight is 316 g/mol. The first-order valence-corrected chi connectivity index (χ1v) is 8.46. The maximum Gasteiger partial charge on any atom is 0.229 e. The van der Waals surface area contributed by atoms with Gasteiger partial charge in [0.1, 0.15) is 0 Å². The quantitative estimate of drug-likeness (QED) is 0.714. The monoisotopic (exact) mass is 315 g/mol. The van der Waals surface area contributed by atoms with Crippen molar-refractivity contribution in [3.05, 3.63) is 0 Å². The first-order chi connectivity index (χ1) is 8.59. The minimum atomic E-state index is -0.00184. The van der Waals surface area contributed by atoms with E-state index in [-0.39, 0.29) is 5.41 Å². The summed E-state index contributed by atoms with van der Waals surface area (Å²) < 4.78 is 0. The molecule has 1 amide bonds. The molecule has 2 atom stereocenters. The second-order valence-corrected chi connectivity index (χ2v) is 7.72. The van der Waals surface area contributed by atoms with Crippen molar-refractivity contribution in [3.8, 4) is 0 Å². The molecule has 2 nitrogen and oxygen atoms in total. The Morgan fingerprint density at radius 3 is 2.61 bits per heavy atom. The van der Waals surface area contributed by atoms with Gasteiger partial charge < -0.3 is 4.90 Å². The first-order valence-electron chi connectivity index (χ1n) is 7.54. The Morgan fingerprint density at radius 2 is 2.06 bits per heavy atom. The Kier molecular flexibility index (Phi) is 4.74. The molecule has 1 aliphatic heterocycles. The van der Waals surface area contributed by atoms with E-state index in [1.54, 1.807) is 0 Å². The number of halogens is 1. The number of nitrogens with zero attached hydrogens (tertiary/aromatic N) is 1. The predicted molar refractivity (Wildman–Crippen MR) is 78.9 cm³/mol. The summed E-state index contributed by atoms with van der Waals surface area (Å²) >= 11 is 3.64. The van der Waals surface area contributed by atoms with Gasteiger partial charge in [-0.2, -0.15) is 0 Å². The van der Waals surface area contributed by atoms with Crippen molar-refractivity contribution in [2.45, 2.75) is 76.1 Å². The lowest BCUT2D eigenvalue weighted by molar-refractivity contribution is -0.143. The van der Waals surface area contributed by atoms with Crippen LogP contribution in [0.2, 0.25) is 0 Å². The van der Waals surface area contributed by atoms with Crippen LogP contribution in [0.3, 0.4) is 0 Å². The molecule has 2 rings (SSSR count). The summed E-state index contributed by atoms with van der Waals surface area (Å²) in [5, 5.41) is 0. The zero-order valence-electron chi connectivity index (χ0n) is 11.8. The van der Waals surface area contributed by atoms with Gasteiger partial charge in [-0.3, -0.25) is 4.79 Å². The summed E-state index contributed by atoms with van der Waals surface area (Å²) in [6.45, 7) is 5.37. The molecule has 1 aliphatic carbocycles. The van der Waals surface area contributed by atoms with E-state index in [2.05, 4.69) is 34.7 Å². The molecule has 1 saturated carbocycles. The van der Waals surface area contributed by atoms with Crippen molar-refractivity contribution in [3.63, 3.8) is 0 Å². The Bertz CT molecular complexity index is 297. The van der Waals surface area contributed by atoms with Gasteiger partial charge in [0.2, 0.25) is 5.91 Å². The van der Waals surface area contributed by atoms with Crippen LogP contribution in [0.5, 0.6) is 0 Å². The van der Waals surface area contributed by atoms with Gasteiger partial charge in [0.15, 0.2) is 0 Å². The molecule has 0 radical (unpaired) electrons. The van der Waals surface area contributed by atoms with Crippen molar-refractivity contribution in [2.24, 2.45) is 5.41 Å². The van der Waals surface area contributed by atoms with Gasteiger partial charge in [-0.1, -0.05) is 42.6 Å². The van der Waals surface area contributed by atoms with Crippen molar-refractivity contribution in [1.29, 1.82) is 0 Å². The number of likely N-dealkylation sites (tertiary alicyclic amines) is 1. The fraction of sp³-hybridized carbons (Fsp3) is 0.933. The summed E-state index contributed by atoms with van der Waals surface area (Å²) in [7, 11) is 0. The second-order valence-electron chi connectivity index (χ2n) is 6.15. The Morgan fingerprint density at radius 1 is 1.39 bits per heavy atom. The Balaban J connectivity index is 2.07. The largest absolute Gasteiger partial charge is 0.339 e. The van der Waals surface area contributed by atoms with Crippen LogP contribution in [0.25, 0.3) is 0 Å². The van der Waals surface area contributed by atoms with Gasteiger partial charge in [-0.25, -0.2) is 0 Å². The molecule has 3 heteroatoms. The zero-order valence-corrected chi connectivity index (χ0v) is 13.3. The Labute approximate surface area is 120 Å². The molecular formula is C15H26BrNO. The molecule has 0 aromatic rings. The van der Waals surface area contributed by atoms with E-state index >= 15 is 0 Å². The first kappa shape index (κ1) is 14.4. The summed E-state index contributed by atoms with van der Waals surface area (Å²) in [5.41, 5.74) is -0.00184. The maximum absolute atomic E-state index is 12.9. The highest BCUT2D eigenvalue weighted by molar-refractivity contribution is 9.09. The fourth-order valence-corrected chi connectivity index (χ4v) is 4.23. The standard InChI is InChI=1S/C15H26BrNO/c1-3-15(8-4-5-9-15)14(18)17-10-6-7-13(17)11-12(2)16/h12-13H,3-11H2,1-2H3. The van der Waals surface area contributed by atoms with Crippen molar-refractivity contribution in [1.82, 2.24) is 4.90 Å². The van der Waals surface area contributed by atoms with E-state index in [1.165, 1.54) is 25.7 Å². The lowest BCUT2D eigenvalue weighted by Gasteiger charge is -2.35.